The summed E-state index contributed by atoms with van der Waals surface area (Å²) in [6, 6.07) is 9.89. The van der Waals surface area contributed by atoms with E-state index in [0.717, 1.165) is 12.1 Å². The van der Waals surface area contributed by atoms with Crippen molar-refractivity contribution in [1.29, 1.82) is 0 Å². The normalized spacial score (nSPS) is 17.1. The van der Waals surface area contributed by atoms with Crippen molar-refractivity contribution in [3.05, 3.63) is 113 Å². The fraction of sp³-hybridized carbons (Fsp3) is 0.250. The number of benzene rings is 4. The minimum absolute atomic E-state index is 0.0194. The first-order valence-electron chi connectivity index (χ1n) is 13.4. The van der Waals surface area contributed by atoms with Crippen molar-refractivity contribution in [3.63, 3.8) is 0 Å². The summed E-state index contributed by atoms with van der Waals surface area (Å²) >= 11 is 0. The lowest BCUT2D eigenvalue weighted by Crippen LogP contribution is -2.30. The molecule has 1 aliphatic heterocycles. The molecule has 1 saturated heterocycles. The number of alkyl halides is 2. The lowest BCUT2D eigenvalue weighted by Gasteiger charge is -2.29. The Morgan fingerprint density at radius 3 is 1.91 bits per heavy atom. The molecule has 0 unspecified atom stereocenters. The maximum Gasteiger partial charge on any atom is 0.432 e. The molecule has 0 atom stereocenters. The fourth-order valence-corrected chi connectivity index (χ4v) is 4.69. The van der Waals surface area contributed by atoms with E-state index in [2.05, 4.69) is 4.74 Å². The van der Waals surface area contributed by atoms with E-state index in [1.165, 1.54) is 18.2 Å². The summed E-state index contributed by atoms with van der Waals surface area (Å²) < 4.78 is 137. The number of ether oxygens (including phenoxy) is 4. The van der Waals surface area contributed by atoms with E-state index in [9.17, 15) is 26.3 Å². The van der Waals surface area contributed by atoms with Gasteiger partial charge in [-0.05, 0) is 54.4 Å². The van der Waals surface area contributed by atoms with Gasteiger partial charge >= 0.3 is 6.11 Å². The van der Waals surface area contributed by atoms with Gasteiger partial charge in [0, 0.05) is 35.3 Å². The predicted molar refractivity (Wildman–Crippen MR) is 143 cm³/mol. The Morgan fingerprint density at radius 2 is 1.30 bits per heavy atom. The van der Waals surface area contributed by atoms with Crippen LogP contribution < -0.4 is 4.74 Å². The standard InChI is InChI=1S/C32H24F8O4/c1-2-41-14-17-15-42-31(43-16-17)19-4-7-22(26(35)10-19)18-3-6-23(25(34)9-18)20-11-28(37)30(29(38)12-20)32(39,40)44-21-5-8-24(33)27(36)13-21/h3-13,17,31H,2,14-16H2,1H3. The van der Waals surface area contributed by atoms with E-state index in [1.54, 1.807) is 6.07 Å². The molecule has 0 bridgehead atoms. The maximum atomic E-state index is 15.1. The van der Waals surface area contributed by atoms with Gasteiger partial charge in [0.1, 0.15) is 34.6 Å². The van der Waals surface area contributed by atoms with Crippen molar-refractivity contribution in [2.75, 3.05) is 26.4 Å². The molecule has 1 fully saturated rings. The van der Waals surface area contributed by atoms with E-state index in [0.29, 0.717) is 56.3 Å². The molecule has 4 nitrogen and oxygen atoms in total. The van der Waals surface area contributed by atoms with Crippen molar-refractivity contribution in [2.24, 2.45) is 5.92 Å². The average molecular weight is 625 g/mol. The molecule has 4 aromatic rings. The highest BCUT2D eigenvalue weighted by Gasteiger charge is 2.41. The van der Waals surface area contributed by atoms with E-state index in [1.807, 2.05) is 6.92 Å². The van der Waals surface area contributed by atoms with Crippen molar-refractivity contribution in [2.45, 2.75) is 19.3 Å². The molecule has 44 heavy (non-hydrogen) atoms. The zero-order chi connectivity index (χ0) is 31.6. The topological polar surface area (TPSA) is 36.9 Å². The first-order valence-corrected chi connectivity index (χ1v) is 13.4. The summed E-state index contributed by atoms with van der Waals surface area (Å²) in [5.41, 5.74) is -2.07. The van der Waals surface area contributed by atoms with Crippen LogP contribution in [0.5, 0.6) is 5.75 Å². The molecule has 4 aromatic carbocycles. The highest BCUT2D eigenvalue weighted by molar-refractivity contribution is 5.72. The Balaban J connectivity index is 1.34. The van der Waals surface area contributed by atoms with Crippen molar-refractivity contribution in [3.8, 4) is 28.0 Å². The van der Waals surface area contributed by atoms with Gasteiger partial charge in [-0.15, -0.1) is 0 Å². The summed E-state index contributed by atoms with van der Waals surface area (Å²) in [7, 11) is 0. The summed E-state index contributed by atoms with van der Waals surface area (Å²) in [5, 5.41) is 0. The molecule has 0 radical (unpaired) electrons. The van der Waals surface area contributed by atoms with Crippen LogP contribution in [0.15, 0.2) is 66.7 Å². The zero-order valence-corrected chi connectivity index (χ0v) is 23.0. The van der Waals surface area contributed by atoms with Gasteiger partial charge < -0.3 is 18.9 Å². The molecule has 0 aromatic heterocycles. The van der Waals surface area contributed by atoms with Gasteiger partial charge in [-0.25, -0.2) is 26.3 Å². The molecule has 0 amide bonds. The van der Waals surface area contributed by atoms with Gasteiger partial charge in [-0.3, -0.25) is 0 Å². The lowest BCUT2D eigenvalue weighted by molar-refractivity contribution is -0.212. The molecule has 1 aliphatic rings. The summed E-state index contributed by atoms with van der Waals surface area (Å²) in [5.74, 6) is -8.97. The highest BCUT2D eigenvalue weighted by Crippen LogP contribution is 2.38. The number of rotatable bonds is 9. The predicted octanol–water partition coefficient (Wildman–Crippen LogP) is 8.68. The smallest absolute Gasteiger partial charge is 0.429 e. The largest absolute Gasteiger partial charge is 0.432 e. The Hall–Kier alpha value is -4.00. The molecular weight excluding hydrogens is 600 g/mol. The van der Waals surface area contributed by atoms with E-state index >= 15 is 8.78 Å². The van der Waals surface area contributed by atoms with E-state index < -0.39 is 64.2 Å². The minimum atomic E-state index is -4.64. The van der Waals surface area contributed by atoms with Gasteiger partial charge in [0.05, 0.1) is 19.8 Å². The molecule has 232 valence electrons. The van der Waals surface area contributed by atoms with Gasteiger partial charge in [-0.1, -0.05) is 24.3 Å². The third-order valence-corrected chi connectivity index (χ3v) is 6.85. The van der Waals surface area contributed by atoms with E-state index in [-0.39, 0.29) is 28.7 Å². The van der Waals surface area contributed by atoms with Crippen LogP contribution in [0, 0.1) is 40.8 Å². The molecule has 0 aliphatic carbocycles. The third kappa shape index (κ3) is 6.72. The summed E-state index contributed by atoms with van der Waals surface area (Å²) in [6.07, 6.45) is -5.43. The monoisotopic (exact) mass is 624 g/mol. The quantitative estimate of drug-likeness (QED) is 0.175. The summed E-state index contributed by atoms with van der Waals surface area (Å²) in [6.45, 7) is 3.64. The first-order chi connectivity index (χ1) is 21.0. The molecule has 12 heteroatoms. The second kappa shape index (κ2) is 12.9. The molecule has 0 N–H and O–H groups in total. The SMILES string of the molecule is CCOCC1COC(c2ccc(-c3ccc(-c4cc(F)c(C(F)(F)Oc5ccc(F)c(F)c5)c(F)c4)c(F)c3)c(F)c2)OC1. The van der Waals surface area contributed by atoms with Crippen LogP contribution in [0.1, 0.15) is 24.3 Å². The molecule has 0 spiro atoms. The Labute approximate surface area is 246 Å². The Kier molecular flexibility index (Phi) is 9.23. The van der Waals surface area contributed by atoms with Crippen LogP contribution in [-0.4, -0.2) is 26.4 Å². The third-order valence-electron chi connectivity index (χ3n) is 6.85. The number of hydrogen-bond donors (Lipinski definition) is 0. The fourth-order valence-electron chi connectivity index (χ4n) is 4.69. The lowest BCUT2D eigenvalue weighted by atomic mass is 9.97. The van der Waals surface area contributed by atoms with Crippen molar-refractivity contribution >= 4 is 0 Å². The van der Waals surface area contributed by atoms with Gasteiger partial charge in [0.25, 0.3) is 0 Å². The van der Waals surface area contributed by atoms with Crippen LogP contribution >= 0.6 is 0 Å². The minimum Gasteiger partial charge on any atom is -0.429 e. The maximum absolute atomic E-state index is 15.1. The zero-order valence-electron chi connectivity index (χ0n) is 23.0. The van der Waals surface area contributed by atoms with Crippen LogP contribution in [0.3, 0.4) is 0 Å². The van der Waals surface area contributed by atoms with Crippen LogP contribution in [0.25, 0.3) is 22.3 Å². The van der Waals surface area contributed by atoms with E-state index in [4.69, 9.17) is 14.2 Å². The van der Waals surface area contributed by atoms with Crippen molar-refractivity contribution in [1.82, 2.24) is 0 Å². The second-order valence-corrected chi connectivity index (χ2v) is 9.97. The van der Waals surface area contributed by atoms with Gasteiger partial charge in [-0.2, -0.15) is 8.78 Å². The first kappa shape index (κ1) is 31.4. The highest BCUT2D eigenvalue weighted by atomic mass is 19.3. The molecule has 5 rings (SSSR count). The Morgan fingerprint density at radius 1 is 0.682 bits per heavy atom. The number of hydrogen-bond acceptors (Lipinski definition) is 4. The van der Waals surface area contributed by atoms with Crippen molar-refractivity contribution < 1.29 is 54.1 Å². The van der Waals surface area contributed by atoms with Crippen LogP contribution in [0.2, 0.25) is 0 Å². The van der Waals surface area contributed by atoms with Gasteiger partial charge in [0.2, 0.25) is 0 Å². The van der Waals surface area contributed by atoms with Gasteiger partial charge in [0.15, 0.2) is 17.9 Å². The Bertz CT molecular complexity index is 1630. The number of halogens is 8. The molecular formula is C32H24F8O4. The molecule has 0 saturated carbocycles. The van der Waals surface area contributed by atoms with Crippen LogP contribution in [0.4, 0.5) is 35.1 Å². The summed E-state index contributed by atoms with van der Waals surface area (Å²) in [4.78, 5) is 0. The second-order valence-electron chi connectivity index (χ2n) is 9.97. The van der Waals surface area contributed by atoms with Crippen LogP contribution in [-0.2, 0) is 20.3 Å². The average Bonchev–Trinajstić information content (AvgIpc) is 2.97. The molecule has 1 heterocycles.